The van der Waals surface area contributed by atoms with E-state index in [4.69, 9.17) is 9.47 Å². The van der Waals surface area contributed by atoms with Gasteiger partial charge in [0.2, 0.25) is 0 Å². The van der Waals surface area contributed by atoms with Crippen LogP contribution >= 0.6 is 0 Å². The van der Waals surface area contributed by atoms with Gasteiger partial charge in [-0.15, -0.1) is 0 Å². The van der Waals surface area contributed by atoms with E-state index < -0.39 is 0 Å². The van der Waals surface area contributed by atoms with E-state index in [0.29, 0.717) is 19.6 Å². The van der Waals surface area contributed by atoms with E-state index in [2.05, 4.69) is 6.58 Å². The Labute approximate surface area is 110 Å². The van der Waals surface area contributed by atoms with Crippen LogP contribution in [0.15, 0.2) is 23.8 Å². The average molecular weight is 252 g/mol. The number of carbonyl (C=O) groups excluding carboxylic acids is 1. The molecule has 0 spiro atoms. The van der Waals surface area contributed by atoms with E-state index in [9.17, 15) is 4.79 Å². The van der Waals surface area contributed by atoms with Gasteiger partial charge in [0.25, 0.3) is 0 Å². The number of allylic oxidation sites excluding steroid dienone is 2. The molecule has 0 aliphatic heterocycles. The number of Topliss-reactive ketones (excluding diaryl/α,β-unsaturated/α-hetero) is 1. The largest absolute Gasteiger partial charge is 0.352 e. The van der Waals surface area contributed by atoms with Gasteiger partial charge in [0.05, 0.1) is 0 Å². The summed E-state index contributed by atoms with van der Waals surface area (Å²) in [6, 6.07) is 0. The second kappa shape index (κ2) is 6.86. The highest BCUT2D eigenvalue weighted by molar-refractivity contribution is 5.96. The Kier molecular flexibility index (Phi) is 5.76. The summed E-state index contributed by atoms with van der Waals surface area (Å²) in [6.45, 7) is 12.9. The Balaban J connectivity index is 2.97. The fourth-order valence-electron chi connectivity index (χ4n) is 2.36. The Hall–Kier alpha value is -0.930. The molecule has 18 heavy (non-hydrogen) atoms. The van der Waals surface area contributed by atoms with Crippen LogP contribution in [-0.4, -0.2) is 25.3 Å². The van der Waals surface area contributed by atoms with Crippen LogP contribution in [0.4, 0.5) is 0 Å². The Morgan fingerprint density at radius 2 is 2.00 bits per heavy atom. The molecule has 3 heteroatoms. The van der Waals surface area contributed by atoms with Crippen molar-refractivity contribution < 1.29 is 14.3 Å². The fraction of sp³-hybridized carbons (Fsp3) is 0.667. The lowest BCUT2D eigenvalue weighted by molar-refractivity contribution is -0.166. The predicted octanol–water partition coefficient (Wildman–Crippen LogP) is 3.11. The van der Waals surface area contributed by atoms with Gasteiger partial charge in [-0.25, -0.2) is 0 Å². The van der Waals surface area contributed by atoms with Gasteiger partial charge < -0.3 is 9.47 Å². The van der Waals surface area contributed by atoms with Crippen LogP contribution in [0.5, 0.6) is 0 Å². The van der Waals surface area contributed by atoms with Crippen molar-refractivity contribution >= 4 is 5.78 Å². The topological polar surface area (TPSA) is 35.5 Å². The van der Waals surface area contributed by atoms with Crippen molar-refractivity contribution in [2.45, 2.75) is 40.4 Å². The molecule has 0 aromatic rings. The zero-order chi connectivity index (χ0) is 13.7. The molecule has 0 bridgehead atoms. The molecule has 0 fully saturated rings. The van der Waals surface area contributed by atoms with Crippen LogP contribution in [0.3, 0.4) is 0 Å². The minimum absolute atomic E-state index is 0.0834. The lowest BCUT2D eigenvalue weighted by Gasteiger charge is -2.34. The molecule has 0 aromatic heterocycles. The molecule has 102 valence electrons. The minimum atomic E-state index is -0.287. The van der Waals surface area contributed by atoms with E-state index >= 15 is 0 Å². The molecular formula is C15H24O3. The van der Waals surface area contributed by atoms with E-state index in [1.807, 2.05) is 33.8 Å². The maximum atomic E-state index is 11.8. The second-order valence-corrected chi connectivity index (χ2v) is 4.79. The van der Waals surface area contributed by atoms with Crippen molar-refractivity contribution in [2.24, 2.45) is 11.8 Å². The van der Waals surface area contributed by atoms with Crippen molar-refractivity contribution in [3.63, 3.8) is 0 Å². The molecule has 0 N–H and O–H groups in total. The van der Waals surface area contributed by atoms with E-state index in [1.54, 1.807) is 0 Å². The normalized spacial score (nSPS) is 24.3. The first-order valence-corrected chi connectivity index (χ1v) is 6.61. The molecule has 2 unspecified atom stereocenters. The summed E-state index contributed by atoms with van der Waals surface area (Å²) in [4.78, 5) is 11.8. The number of hydrogen-bond donors (Lipinski definition) is 0. The number of ether oxygens (including phenoxy) is 2. The first-order valence-electron chi connectivity index (χ1n) is 6.61. The maximum absolute atomic E-state index is 11.8. The molecule has 0 radical (unpaired) electrons. The third-order valence-corrected chi connectivity index (χ3v) is 3.36. The standard InChI is InChI=1S/C15H24O3/c1-6-17-15(18-7-2)13-8-11(5)14(16)9-12(13)10(3)4/h8,12-13,15H,3,6-7,9H2,1-2,4-5H3. The fourth-order valence-corrected chi connectivity index (χ4v) is 2.36. The first-order chi connectivity index (χ1) is 8.51. The molecule has 2 atom stereocenters. The van der Waals surface area contributed by atoms with Crippen LogP contribution in [0.2, 0.25) is 0 Å². The quantitative estimate of drug-likeness (QED) is 0.538. The molecule has 0 aromatic carbocycles. The SMILES string of the molecule is C=C(C)C1CC(=O)C(C)=CC1C(OCC)OCC. The molecule has 1 aliphatic rings. The van der Waals surface area contributed by atoms with E-state index in [1.165, 1.54) is 0 Å². The van der Waals surface area contributed by atoms with Crippen molar-refractivity contribution in [2.75, 3.05) is 13.2 Å². The van der Waals surface area contributed by atoms with Crippen molar-refractivity contribution in [1.82, 2.24) is 0 Å². The summed E-state index contributed by atoms with van der Waals surface area (Å²) in [5.41, 5.74) is 1.82. The van der Waals surface area contributed by atoms with Gasteiger partial charge in [-0.2, -0.15) is 0 Å². The zero-order valence-corrected chi connectivity index (χ0v) is 11.9. The second-order valence-electron chi connectivity index (χ2n) is 4.79. The molecule has 3 nitrogen and oxygen atoms in total. The van der Waals surface area contributed by atoms with Crippen molar-refractivity contribution in [3.05, 3.63) is 23.8 Å². The number of ketones is 1. The summed E-state index contributed by atoms with van der Waals surface area (Å²) in [7, 11) is 0. The van der Waals surface area contributed by atoms with Crippen molar-refractivity contribution in [3.8, 4) is 0 Å². The van der Waals surface area contributed by atoms with Gasteiger partial charge in [0, 0.05) is 25.6 Å². The van der Waals surface area contributed by atoms with Crippen molar-refractivity contribution in [1.29, 1.82) is 0 Å². The third-order valence-electron chi connectivity index (χ3n) is 3.36. The van der Waals surface area contributed by atoms with Crippen LogP contribution in [-0.2, 0) is 14.3 Å². The van der Waals surface area contributed by atoms with Gasteiger partial charge >= 0.3 is 0 Å². The lowest BCUT2D eigenvalue weighted by Crippen LogP contribution is -2.36. The highest BCUT2D eigenvalue weighted by Gasteiger charge is 2.35. The summed E-state index contributed by atoms with van der Waals surface area (Å²) >= 11 is 0. The van der Waals surface area contributed by atoms with E-state index in [-0.39, 0.29) is 23.9 Å². The highest BCUT2D eigenvalue weighted by atomic mass is 16.7. The lowest BCUT2D eigenvalue weighted by atomic mass is 9.76. The van der Waals surface area contributed by atoms with Gasteiger partial charge in [-0.05, 0) is 39.2 Å². The number of carbonyl (C=O) groups is 1. The van der Waals surface area contributed by atoms with Gasteiger partial charge in [0.15, 0.2) is 12.1 Å². The Morgan fingerprint density at radius 1 is 1.44 bits per heavy atom. The zero-order valence-electron chi connectivity index (χ0n) is 11.9. The smallest absolute Gasteiger partial charge is 0.164 e. The van der Waals surface area contributed by atoms with Crippen LogP contribution < -0.4 is 0 Å². The number of hydrogen-bond acceptors (Lipinski definition) is 3. The molecule has 0 amide bonds. The Morgan fingerprint density at radius 3 is 2.44 bits per heavy atom. The molecule has 0 saturated heterocycles. The predicted molar refractivity (Wildman–Crippen MR) is 72.2 cm³/mol. The van der Waals surface area contributed by atoms with Crippen LogP contribution in [0.25, 0.3) is 0 Å². The highest BCUT2D eigenvalue weighted by Crippen LogP contribution is 2.35. The van der Waals surface area contributed by atoms with Gasteiger partial charge in [-0.1, -0.05) is 18.2 Å². The Bertz CT molecular complexity index is 338. The summed E-state index contributed by atoms with van der Waals surface area (Å²) in [6.07, 6.45) is 2.21. The first kappa shape index (κ1) is 15.1. The molecule has 1 rings (SSSR count). The van der Waals surface area contributed by atoms with E-state index in [0.717, 1.165) is 11.1 Å². The molecule has 1 aliphatic carbocycles. The van der Waals surface area contributed by atoms with Crippen LogP contribution in [0, 0.1) is 11.8 Å². The maximum Gasteiger partial charge on any atom is 0.164 e. The molecule has 0 heterocycles. The van der Waals surface area contributed by atoms with Gasteiger partial charge in [0.1, 0.15) is 0 Å². The summed E-state index contributed by atoms with van der Waals surface area (Å²) in [5, 5.41) is 0. The average Bonchev–Trinajstić information content (AvgIpc) is 2.31. The van der Waals surface area contributed by atoms with Crippen LogP contribution in [0.1, 0.15) is 34.1 Å². The summed E-state index contributed by atoms with van der Waals surface area (Å²) < 4.78 is 11.3. The summed E-state index contributed by atoms with van der Waals surface area (Å²) in [5.74, 6) is 0.399. The van der Waals surface area contributed by atoms with Gasteiger partial charge in [-0.3, -0.25) is 4.79 Å². The monoisotopic (exact) mass is 252 g/mol. The number of rotatable bonds is 6. The molecule has 0 saturated carbocycles. The molecular weight excluding hydrogens is 228 g/mol. The minimum Gasteiger partial charge on any atom is -0.352 e. The third kappa shape index (κ3) is 3.53.